The number of rotatable bonds is 5. The molecule has 2 amide bonds. The van der Waals surface area contributed by atoms with Crippen molar-refractivity contribution in [1.29, 1.82) is 0 Å². The number of nitrogens with two attached hydrogens (primary N) is 1. The zero-order valence-electron chi connectivity index (χ0n) is 11.4. The van der Waals surface area contributed by atoms with Crippen molar-refractivity contribution in [3.8, 4) is 0 Å². The van der Waals surface area contributed by atoms with Gasteiger partial charge in [0.25, 0.3) is 0 Å². The number of carbonyl (C=O) groups excluding carboxylic acids is 2. The summed E-state index contributed by atoms with van der Waals surface area (Å²) in [5.41, 5.74) is 5.69. The van der Waals surface area contributed by atoms with Crippen molar-refractivity contribution in [2.75, 3.05) is 26.7 Å². The van der Waals surface area contributed by atoms with E-state index < -0.39 is 0 Å². The summed E-state index contributed by atoms with van der Waals surface area (Å²) in [6.45, 7) is 3.31. The largest absolute Gasteiger partial charge is 0.358 e. The minimum absolute atomic E-state index is 0.0527. The van der Waals surface area contributed by atoms with E-state index in [-0.39, 0.29) is 24.3 Å². The molecule has 5 heteroatoms. The Kier molecular flexibility index (Phi) is 6.12. The maximum atomic E-state index is 12.3. The maximum Gasteiger partial charge on any atom is 0.239 e. The summed E-state index contributed by atoms with van der Waals surface area (Å²) < 4.78 is 0. The van der Waals surface area contributed by atoms with Crippen LogP contribution in [-0.2, 0) is 9.59 Å². The minimum Gasteiger partial charge on any atom is -0.358 e. The topological polar surface area (TPSA) is 75.4 Å². The van der Waals surface area contributed by atoms with Crippen LogP contribution in [0.1, 0.15) is 32.6 Å². The van der Waals surface area contributed by atoms with Crippen LogP contribution in [0.25, 0.3) is 0 Å². The normalized spacial score (nSPS) is 23.5. The third-order valence-corrected chi connectivity index (χ3v) is 3.77. The van der Waals surface area contributed by atoms with Crippen LogP contribution in [0.5, 0.6) is 0 Å². The first-order chi connectivity index (χ1) is 8.62. The fourth-order valence-corrected chi connectivity index (χ4v) is 2.59. The molecule has 1 rings (SSSR count). The highest BCUT2D eigenvalue weighted by atomic mass is 16.2. The van der Waals surface area contributed by atoms with Gasteiger partial charge in [0.2, 0.25) is 11.8 Å². The molecule has 1 fully saturated rings. The van der Waals surface area contributed by atoms with Gasteiger partial charge in [0.1, 0.15) is 0 Å². The van der Waals surface area contributed by atoms with E-state index in [1.54, 1.807) is 11.9 Å². The summed E-state index contributed by atoms with van der Waals surface area (Å²) in [6, 6.07) is 0. The number of carbonyl (C=O) groups is 2. The monoisotopic (exact) mass is 255 g/mol. The molecule has 18 heavy (non-hydrogen) atoms. The Balaban J connectivity index is 2.57. The number of amides is 2. The fraction of sp³-hybridized carbons (Fsp3) is 0.846. The lowest BCUT2D eigenvalue weighted by Crippen LogP contribution is -2.43. The predicted octanol–water partition coefficient (Wildman–Crippen LogP) is 0.346. The second-order valence-electron chi connectivity index (χ2n) is 4.99. The van der Waals surface area contributed by atoms with Crippen molar-refractivity contribution in [2.45, 2.75) is 32.6 Å². The van der Waals surface area contributed by atoms with Crippen molar-refractivity contribution in [2.24, 2.45) is 17.6 Å². The fourth-order valence-electron chi connectivity index (χ4n) is 2.59. The molecular weight excluding hydrogens is 230 g/mol. The third kappa shape index (κ3) is 3.98. The van der Waals surface area contributed by atoms with E-state index in [2.05, 4.69) is 5.32 Å². The van der Waals surface area contributed by atoms with Gasteiger partial charge in [0, 0.05) is 19.5 Å². The minimum atomic E-state index is -0.114. The van der Waals surface area contributed by atoms with Crippen LogP contribution >= 0.6 is 0 Å². The smallest absolute Gasteiger partial charge is 0.239 e. The summed E-state index contributed by atoms with van der Waals surface area (Å²) >= 11 is 0. The van der Waals surface area contributed by atoms with E-state index in [9.17, 15) is 9.59 Å². The molecule has 104 valence electrons. The van der Waals surface area contributed by atoms with Crippen molar-refractivity contribution in [1.82, 2.24) is 10.2 Å². The molecule has 0 saturated heterocycles. The second kappa shape index (κ2) is 7.36. The Morgan fingerprint density at radius 3 is 2.67 bits per heavy atom. The van der Waals surface area contributed by atoms with Gasteiger partial charge in [-0.15, -0.1) is 0 Å². The van der Waals surface area contributed by atoms with Crippen molar-refractivity contribution >= 4 is 11.8 Å². The summed E-state index contributed by atoms with van der Waals surface area (Å²) in [6.07, 6.45) is 4.00. The number of likely N-dealkylation sites (N-methyl/N-ethyl adjacent to an activating group) is 2. The van der Waals surface area contributed by atoms with Gasteiger partial charge in [-0.05, 0) is 38.6 Å². The summed E-state index contributed by atoms with van der Waals surface area (Å²) in [5.74, 6) is 0.513. The Hall–Kier alpha value is -1.10. The molecular formula is C13H25N3O2. The Bertz CT molecular complexity index is 294. The van der Waals surface area contributed by atoms with E-state index in [1.165, 1.54) is 0 Å². The Morgan fingerprint density at radius 2 is 2.11 bits per heavy atom. The SMILES string of the molecule is CCN(CC(=O)NC)C(=O)C1CCCC(CN)C1. The molecule has 1 aliphatic rings. The Labute approximate surface area is 109 Å². The van der Waals surface area contributed by atoms with E-state index in [4.69, 9.17) is 5.73 Å². The van der Waals surface area contributed by atoms with Gasteiger partial charge < -0.3 is 16.0 Å². The molecule has 1 saturated carbocycles. The van der Waals surface area contributed by atoms with Crippen LogP contribution in [0, 0.1) is 11.8 Å². The molecule has 2 unspecified atom stereocenters. The summed E-state index contributed by atoms with van der Waals surface area (Å²) in [7, 11) is 1.59. The molecule has 0 radical (unpaired) electrons. The lowest BCUT2D eigenvalue weighted by Gasteiger charge is -2.31. The highest BCUT2D eigenvalue weighted by molar-refractivity contribution is 5.85. The molecule has 5 nitrogen and oxygen atoms in total. The third-order valence-electron chi connectivity index (χ3n) is 3.77. The molecule has 0 heterocycles. The van der Waals surface area contributed by atoms with Gasteiger partial charge in [-0.25, -0.2) is 0 Å². The van der Waals surface area contributed by atoms with Crippen LogP contribution in [-0.4, -0.2) is 43.4 Å². The first-order valence-corrected chi connectivity index (χ1v) is 6.81. The van der Waals surface area contributed by atoms with Crippen LogP contribution in [0.4, 0.5) is 0 Å². The van der Waals surface area contributed by atoms with Crippen LogP contribution in [0.3, 0.4) is 0 Å². The lowest BCUT2D eigenvalue weighted by molar-refractivity contribution is -0.140. The van der Waals surface area contributed by atoms with Gasteiger partial charge in [-0.1, -0.05) is 6.42 Å². The molecule has 0 bridgehead atoms. The molecule has 0 aromatic heterocycles. The molecule has 2 atom stereocenters. The first-order valence-electron chi connectivity index (χ1n) is 6.81. The number of nitrogens with zero attached hydrogens (tertiary/aromatic N) is 1. The van der Waals surface area contributed by atoms with Gasteiger partial charge in [-0.2, -0.15) is 0 Å². The van der Waals surface area contributed by atoms with Gasteiger partial charge in [-0.3, -0.25) is 9.59 Å². The molecule has 1 aliphatic carbocycles. The zero-order valence-corrected chi connectivity index (χ0v) is 11.4. The standard InChI is InChI=1S/C13H25N3O2/c1-3-16(9-12(17)15-2)13(18)11-6-4-5-10(7-11)8-14/h10-11H,3-9,14H2,1-2H3,(H,15,17). The van der Waals surface area contributed by atoms with Gasteiger partial charge in [0.05, 0.1) is 6.54 Å². The number of nitrogens with one attached hydrogen (secondary N) is 1. The second-order valence-corrected chi connectivity index (χ2v) is 4.99. The van der Waals surface area contributed by atoms with Gasteiger partial charge >= 0.3 is 0 Å². The van der Waals surface area contributed by atoms with E-state index in [0.717, 1.165) is 25.7 Å². The maximum absolute atomic E-state index is 12.3. The number of hydrogen-bond acceptors (Lipinski definition) is 3. The molecule has 0 spiro atoms. The van der Waals surface area contributed by atoms with E-state index in [1.807, 2.05) is 6.92 Å². The quantitative estimate of drug-likeness (QED) is 0.744. The van der Waals surface area contributed by atoms with Crippen molar-refractivity contribution in [3.63, 3.8) is 0 Å². The van der Waals surface area contributed by atoms with Crippen LogP contribution in [0.15, 0.2) is 0 Å². The molecule has 3 N–H and O–H groups in total. The molecule has 0 aromatic carbocycles. The zero-order chi connectivity index (χ0) is 13.5. The lowest BCUT2D eigenvalue weighted by atomic mass is 9.81. The number of hydrogen-bond donors (Lipinski definition) is 2. The van der Waals surface area contributed by atoms with Crippen molar-refractivity contribution < 1.29 is 9.59 Å². The predicted molar refractivity (Wildman–Crippen MR) is 70.8 cm³/mol. The highest BCUT2D eigenvalue weighted by Gasteiger charge is 2.29. The Morgan fingerprint density at radius 1 is 1.39 bits per heavy atom. The molecule has 0 aromatic rings. The van der Waals surface area contributed by atoms with Crippen molar-refractivity contribution in [3.05, 3.63) is 0 Å². The van der Waals surface area contributed by atoms with Gasteiger partial charge in [0.15, 0.2) is 0 Å². The average molecular weight is 255 g/mol. The van der Waals surface area contributed by atoms with Crippen LogP contribution < -0.4 is 11.1 Å². The van der Waals surface area contributed by atoms with E-state index in [0.29, 0.717) is 19.0 Å². The first kappa shape index (κ1) is 15.0. The highest BCUT2D eigenvalue weighted by Crippen LogP contribution is 2.29. The van der Waals surface area contributed by atoms with E-state index >= 15 is 0 Å². The summed E-state index contributed by atoms with van der Waals surface area (Å²) in [4.78, 5) is 25.4. The average Bonchev–Trinajstić information content (AvgIpc) is 2.43. The summed E-state index contributed by atoms with van der Waals surface area (Å²) in [5, 5.41) is 2.55. The van der Waals surface area contributed by atoms with Crippen LogP contribution in [0.2, 0.25) is 0 Å². The molecule has 0 aliphatic heterocycles.